The first kappa shape index (κ1) is 23.8. The normalized spacial score (nSPS) is 24.9. The quantitative estimate of drug-likeness (QED) is 0.542. The molecule has 3 heterocycles. The van der Waals surface area contributed by atoms with Crippen LogP contribution < -0.4 is 0 Å². The number of nitrogens with zero attached hydrogens (tertiary/aromatic N) is 2. The van der Waals surface area contributed by atoms with Crippen LogP contribution in [-0.4, -0.2) is 66.2 Å². The number of carbonyl (C=O) groups is 1. The molecule has 2 aliphatic heterocycles. The number of aryl methyl sites for hydroxylation is 1. The maximum Gasteiger partial charge on any atom is 0.490 e. The summed E-state index contributed by atoms with van der Waals surface area (Å²) in [6, 6.07) is 0. The number of piperidine rings is 1. The molecule has 0 bridgehead atoms. The molecule has 10 heteroatoms. The van der Waals surface area contributed by atoms with Crippen LogP contribution in [0, 0.1) is 12.3 Å². The van der Waals surface area contributed by atoms with Crippen molar-refractivity contribution in [1.29, 1.82) is 0 Å². The molecule has 2 unspecified atom stereocenters. The molecule has 2 saturated heterocycles. The fourth-order valence-electron chi connectivity index (χ4n) is 3.78. The van der Waals surface area contributed by atoms with Gasteiger partial charge in [0, 0.05) is 37.0 Å². The summed E-state index contributed by atoms with van der Waals surface area (Å²) in [6.45, 7) is 11.2. The maximum absolute atomic E-state index is 10.6. The first-order chi connectivity index (χ1) is 13.7. The molecule has 164 valence electrons. The van der Waals surface area contributed by atoms with Crippen LogP contribution in [0.3, 0.4) is 0 Å². The number of hydrogen-bond acceptors (Lipinski definition) is 6. The largest absolute Gasteiger partial charge is 0.490 e. The van der Waals surface area contributed by atoms with Crippen molar-refractivity contribution in [2.24, 2.45) is 5.41 Å². The number of fused-ring (bicyclic) bond motifs is 1. The third kappa shape index (κ3) is 7.06. The van der Waals surface area contributed by atoms with Crippen molar-refractivity contribution in [3.8, 4) is 0 Å². The van der Waals surface area contributed by atoms with Crippen LogP contribution in [-0.2, 0) is 20.8 Å². The Balaban J connectivity index is 0.000000370. The van der Waals surface area contributed by atoms with E-state index >= 15 is 0 Å². The van der Waals surface area contributed by atoms with Gasteiger partial charge in [-0.05, 0) is 26.2 Å². The Labute approximate surface area is 172 Å². The van der Waals surface area contributed by atoms with Gasteiger partial charge < -0.3 is 14.6 Å². The second kappa shape index (κ2) is 10.5. The van der Waals surface area contributed by atoms with E-state index in [0.29, 0.717) is 12.7 Å². The van der Waals surface area contributed by atoms with Gasteiger partial charge in [-0.15, -0.1) is 17.9 Å². The number of halogens is 3. The average Bonchev–Trinajstić information content (AvgIpc) is 3.06. The number of hydrogen-bond donors (Lipinski definition) is 1. The highest BCUT2D eigenvalue weighted by atomic mass is 32.1. The third-order valence-corrected chi connectivity index (χ3v) is 5.81. The van der Waals surface area contributed by atoms with Crippen LogP contribution in [0.1, 0.15) is 30.0 Å². The molecule has 2 aliphatic rings. The predicted octanol–water partition coefficient (Wildman–Crippen LogP) is 3.66. The summed E-state index contributed by atoms with van der Waals surface area (Å²) in [5.74, 6) is -2.76. The van der Waals surface area contributed by atoms with E-state index in [2.05, 4.69) is 28.8 Å². The molecule has 0 aliphatic carbocycles. The topological polar surface area (TPSA) is 71.9 Å². The molecule has 0 aromatic carbocycles. The van der Waals surface area contributed by atoms with Crippen molar-refractivity contribution in [1.82, 2.24) is 9.88 Å². The molecule has 3 rings (SSSR count). The molecular formula is C19H27F3N2O4S. The average molecular weight is 436 g/mol. The third-order valence-electron chi connectivity index (χ3n) is 4.99. The number of carboxylic acid groups (broad SMARTS) is 1. The van der Waals surface area contributed by atoms with Gasteiger partial charge in [-0.2, -0.15) is 13.2 Å². The maximum atomic E-state index is 10.6. The molecule has 0 radical (unpaired) electrons. The Morgan fingerprint density at radius 1 is 1.59 bits per heavy atom. The zero-order valence-corrected chi connectivity index (χ0v) is 17.2. The van der Waals surface area contributed by atoms with Crippen molar-refractivity contribution in [2.75, 3.05) is 32.9 Å². The standard InChI is InChI=1S/C17H26N2O2S.C2HF3O2/c1-3-8-20-13-17-6-4-9-21-16(17)5-7-19(12-17)10-15-11-22-14(2)18-15;3-2(4,5)1(6)7/h3,11,16H,1,4-10,12-13H2,2H3;(H,6,7). The fraction of sp³-hybridized carbons (Fsp3) is 0.684. The first-order valence-corrected chi connectivity index (χ1v) is 10.3. The summed E-state index contributed by atoms with van der Waals surface area (Å²) >= 11 is 1.73. The molecule has 0 spiro atoms. The monoisotopic (exact) mass is 436 g/mol. The van der Waals surface area contributed by atoms with Gasteiger partial charge in [0.2, 0.25) is 0 Å². The molecule has 1 aromatic rings. The molecule has 2 atom stereocenters. The van der Waals surface area contributed by atoms with Crippen molar-refractivity contribution in [3.05, 3.63) is 28.7 Å². The van der Waals surface area contributed by atoms with Crippen LogP contribution in [0.2, 0.25) is 0 Å². The molecule has 1 aromatic heterocycles. The van der Waals surface area contributed by atoms with Crippen LogP contribution in [0.15, 0.2) is 18.0 Å². The van der Waals surface area contributed by atoms with Gasteiger partial charge >= 0.3 is 12.1 Å². The lowest BCUT2D eigenvalue weighted by atomic mass is 9.73. The number of thiazole rings is 1. The fourth-order valence-corrected chi connectivity index (χ4v) is 4.39. The minimum Gasteiger partial charge on any atom is -0.475 e. The summed E-state index contributed by atoms with van der Waals surface area (Å²) in [5.41, 5.74) is 1.34. The zero-order chi connectivity index (χ0) is 21.5. The molecule has 1 N–H and O–H groups in total. The SMILES string of the molecule is C=CCOCC12CCCOC1CCN(Cc1csc(C)n1)C2.O=C(O)C(F)(F)F. The van der Waals surface area contributed by atoms with Crippen LogP contribution >= 0.6 is 11.3 Å². The first-order valence-electron chi connectivity index (χ1n) is 9.40. The Hall–Kier alpha value is -1.49. The molecule has 0 saturated carbocycles. The summed E-state index contributed by atoms with van der Waals surface area (Å²) in [7, 11) is 0. The van der Waals surface area contributed by atoms with Gasteiger partial charge in [0.1, 0.15) is 0 Å². The van der Waals surface area contributed by atoms with Crippen LogP contribution in [0.4, 0.5) is 13.2 Å². The van der Waals surface area contributed by atoms with E-state index in [1.54, 1.807) is 11.3 Å². The number of alkyl halides is 3. The van der Waals surface area contributed by atoms with E-state index in [4.69, 9.17) is 19.4 Å². The predicted molar refractivity (Wildman–Crippen MR) is 103 cm³/mol. The minimum absolute atomic E-state index is 0.143. The van der Waals surface area contributed by atoms with Gasteiger partial charge in [-0.1, -0.05) is 6.08 Å². The summed E-state index contributed by atoms with van der Waals surface area (Å²) in [5, 5.41) is 10.5. The van der Waals surface area contributed by atoms with E-state index in [9.17, 15) is 13.2 Å². The lowest BCUT2D eigenvalue weighted by Crippen LogP contribution is -2.56. The number of aromatic nitrogens is 1. The summed E-state index contributed by atoms with van der Waals surface area (Å²) < 4.78 is 43.7. The number of rotatable bonds is 6. The molecule has 0 amide bonds. The highest BCUT2D eigenvalue weighted by molar-refractivity contribution is 7.09. The number of carboxylic acids is 1. The molecular weight excluding hydrogens is 409 g/mol. The van der Waals surface area contributed by atoms with E-state index in [1.807, 2.05) is 6.08 Å². The highest BCUT2D eigenvalue weighted by Crippen LogP contribution is 2.40. The number of likely N-dealkylation sites (tertiary alicyclic amines) is 1. The van der Waals surface area contributed by atoms with Gasteiger partial charge in [0.15, 0.2) is 0 Å². The molecule has 6 nitrogen and oxygen atoms in total. The molecule has 2 fully saturated rings. The smallest absolute Gasteiger partial charge is 0.475 e. The Morgan fingerprint density at radius 3 is 2.90 bits per heavy atom. The second-order valence-corrected chi connectivity index (χ2v) is 8.35. The van der Waals surface area contributed by atoms with E-state index in [1.165, 1.54) is 12.1 Å². The second-order valence-electron chi connectivity index (χ2n) is 7.29. The van der Waals surface area contributed by atoms with E-state index < -0.39 is 12.1 Å². The van der Waals surface area contributed by atoms with Crippen molar-refractivity contribution < 1.29 is 32.5 Å². The summed E-state index contributed by atoms with van der Waals surface area (Å²) in [4.78, 5) is 16.0. The van der Waals surface area contributed by atoms with E-state index in [-0.39, 0.29) is 5.41 Å². The molecule has 29 heavy (non-hydrogen) atoms. The van der Waals surface area contributed by atoms with Crippen molar-refractivity contribution >= 4 is 17.3 Å². The van der Waals surface area contributed by atoms with E-state index in [0.717, 1.165) is 50.7 Å². The minimum atomic E-state index is -5.08. The number of aliphatic carboxylic acids is 1. The number of ether oxygens (including phenoxy) is 2. The highest BCUT2D eigenvalue weighted by Gasteiger charge is 2.46. The van der Waals surface area contributed by atoms with Gasteiger partial charge in [0.25, 0.3) is 0 Å². The Kier molecular flexibility index (Phi) is 8.62. The van der Waals surface area contributed by atoms with Gasteiger partial charge in [-0.3, -0.25) is 4.90 Å². The van der Waals surface area contributed by atoms with Gasteiger partial charge in [-0.25, -0.2) is 9.78 Å². The lowest BCUT2D eigenvalue weighted by molar-refractivity contribution is -0.192. The lowest BCUT2D eigenvalue weighted by Gasteiger charge is -2.50. The van der Waals surface area contributed by atoms with Crippen molar-refractivity contribution in [2.45, 2.75) is 45.0 Å². The Bertz CT molecular complexity index is 683. The van der Waals surface area contributed by atoms with Gasteiger partial charge in [0.05, 0.1) is 30.0 Å². The Morgan fingerprint density at radius 2 is 2.31 bits per heavy atom. The van der Waals surface area contributed by atoms with Crippen molar-refractivity contribution in [3.63, 3.8) is 0 Å². The summed E-state index contributed by atoms with van der Waals surface area (Å²) in [6.07, 6.45) is 0.521. The van der Waals surface area contributed by atoms with Crippen LogP contribution in [0.5, 0.6) is 0 Å². The zero-order valence-electron chi connectivity index (χ0n) is 16.4. The van der Waals surface area contributed by atoms with Crippen LogP contribution in [0.25, 0.3) is 0 Å².